The summed E-state index contributed by atoms with van der Waals surface area (Å²) in [7, 11) is 0. The summed E-state index contributed by atoms with van der Waals surface area (Å²) in [6.07, 6.45) is 0.488. The summed E-state index contributed by atoms with van der Waals surface area (Å²) < 4.78 is 4.64. The van der Waals surface area contributed by atoms with Crippen molar-refractivity contribution >= 4 is 12.3 Å². The van der Waals surface area contributed by atoms with E-state index in [1.54, 1.807) is 0 Å². The van der Waals surface area contributed by atoms with E-state index in [-0.39, 0.29) is 17.1 Å². The van der Waals surface area contributed by atoms with Crippen LogP contribution >= 0.6 is 0 Å². The number of aromatic hydroxyl groups is 1. The van der Waals surface area contributed by atoms with Crippen LogP contribution in [0, 0.1) is 0 Å². The number of aldehydes is 1. The van der Waals surface area contributed by atoms with E-state index < -0.39 is 5.97 Å². The van der Waals surface area contributed by atoms with Crippen molar-refractivity contribution in [1.82, 2.24) is 0 Å². The average Bonchev–Trinajstić information content (AvgIpc) is 2.08. The van der Waals surface area contributed by atoms with Gasteiger partial charge in [0.1, 0.15) is 0 Å². The summed E-state index contributed by atoms with van der Waals surface area (Å²) in [6, 6.07) is 4.35. The Bertz CT molecular complexity index is 343. The highest BCUT2D eigenvalue weighted by Crippen LogP contribution is 2.28. The van der Waals surface area contributed by atoms with Gasteiger partial charge < -0.3 is 9.84 Å². The SMILES string of the molecule is CC(=O)Oc1cccc(C=O)c1O. The lowest BCUT2D eigenvalue weighted by molar-refractivity contribution is -0.132. The van der Waals surface area contributed by atoms with E-state index in [0.717, 1.165) is 0 Å². The highest BCUT2D eigenvalue weighted by Gasteiger charge is 2.08. The lowest BCUT2D eigenvalue weighted by Gasteiger charge is -2.04. The molecular formula is C9H8O4. The van der Waals surface area contributed by atoms with Gasteiger partial charge in [-0.25, -0.2) is 0 Å². The van der Waals surface area contributed by atoms with E-state index in [1.807, 2.05) is 0 Å². The number of para-hydroxylation sites is 1. The normalized spacial score (nSPS) is 9.31. The molecule has 4 heteroatoms. The largest absolute Gasteiger partial charge is 0.504 e. The van der Waals surface area contributed by atoms with Gasteiger partial charge in [-0.05, 0) is 12.1 Å². The van der Waals surface area contributed by atoms with Gasteiger partial charge >= 0.3 is 5.97 Å². The van der Waals surface area contributed by atoms with Crippen LogP contribution in [0.2, 0.25) is 0 Å². The second-order valence-electron chi connectivity index (χ2n) is 2.41. The van der Waals surface area contributed by atoms with Gasteiger partial charge in [-0.2, -0.15) is 0 Å². The molecule has 13 heavy (non-hydrogen) atoms. The molecule has 0 aliphatic rings. The molecule has 0 radical (unpaired) electrons. The van der Waals surface area contributed by atoms with Crippen LogP contribution in [0.25, 0.3) is 0 Å². The van der Waals surface area contributed by atoms with Crippen LogP contribution in [0.4, 0.5) is 0 Å². The van der Waals surface area contributed by atoms with Crippen LogP contribution in [-0.4, -0.2) is 17.4 Å². The summed E-state index contributed by atoms with van der Waals surface area (Å²) in [5, 5.41) is 9.33. The zero-order chi connectivity index (χ0) is 9.84. The fraction of sp³-hybridized carbons (Fsp3) is 0.111. The molecule has 68 valence electrons. The van der Waals surface area contributed by atoms with Crippen molar-refractivity contribution in [2.24, 2.45) is 0 Å². The number of esters is 1. The number of carbonyl (C=O) groups excluding carboxylic acids is 2. The van der Waals surface area contributed by atoms with Crippen LogP contribution in [-0.2, 0) is 4.79 Å². The molecule has 0 aliphatic carbocycles. The number of ether oxygens (including phenoxy) is 1. The first-order valence-electron chi connectivity index (χ1n) is 3.60. The minimum atomic E-state index is -0.543. The van der Waals surface area contributed by atoms with Gasteiger partial charge in [0.15, 0.2) is 17.8 Å². The zero-order valence-corrected chi connectivity index (χ0v) is 6.98. The Morgan fingerprint density at radius 1 is 1.54 bits per heavy atom. The first-order chi connectivity index (χ1) is 6.15. The highest BCUT2D eigenvalue weighted by atomic mass is 16.5. The van der Waals surface area contributed by atoms with Crippen molar-refractivity contribution in [3.63, 3.8) is 0 Å². The van der Waals surface area contributed by atoms with Crippen LogP contribution in [0.1, 0.15) is 17.3 Å². The van der Waals surface area contributed by atoms with Crippen molar-refractivity contribution in [2.75, 3.05) is 0 Å². The molecule has 0 aliphatic heterocycles. The van der Waals surface area contributed by atoms with Gasteiger partial charge in [0.05, 0.1) is 5.56 Å². The molecule has 1 rings (SSSR count). The van der Waals surface area contributed by atoms with Crippen molar-refractivity contribution in [1.29, 1.82) is 0 Å². The van der Waals surface area contributed by atoms with Gasteiger partial charge in [-0.3, -0.25) is 9.59 Å². The standard InChI is InChI=1S/C9H8O4/c1-6(11)13-8-4-2-3-7(5-10)9(8)12/h2-5,12H,1H3. The smallest absolute Gasteiger partial charge is 0.308 e. The molecule has 0 spiro atoms. The van der Waals surface area contributed by atoms with E-state index >= 15 is 0 Å². The van der Waals surface area contributed by atoms with Crippen LogP contribution in [0.5, 0.6) is 11.5 Å². The molecule has 0 unspecified atom stereocenters. The van der Waals surface area contributed by atoms with Crippen molar-refractivity contribution in [2.45, 2.75) is 6.92 Å². The van der Waals surface area contributed by atoms with E-state index in [0.29, 0.717) is 6.29 Å². The Morgan fingerprint density at radius 3 is 2.77 bits per heavy atom. The summed E-state index contributed by atoms with van der Waals surface area (Å²) in [5.74, 6) is -0.858. The Balaban J connectivity index is 3.07. The monoisotopic (exact) mass is 180 g/mol. The van der Waals surface area contributed by atoms with Gasteiger partial charge in [0, 0.05) is 6.92 Å². The Kier molecular flexibility index (Phi) is 2.64. The second-order valence-corrected chi connectivity index (χ2v) is 2.41. The third-order valence-corrected chi connectivity index (χ3v) is 1.41. The first-order valence-corrected chi connectivity index (χ1v) is 3.60. The van der Waals surface area contributed by atoms with Crippen molar-refractivity contribution < 1.29 is 19.4 Å². The maximum Gasteiger partial charge on any atom is 0.308 e. The van der Waals surface area contributed by atoms with Gasteiger partial charge in [0.2, 0.25) is 0 Å². The summed E-state index contributed by atoms with van der Waals surface area (Å²) in [5.41, 5.74) is 0.0961. The third kappa shape index (κ3) is 2.05. The fourth-order valence-corrected chi connectivity index (χ4v) is 0.872. The molecule has 0 amide bonds. The minimum Gasteiger partial charge on any atom is -0.504 e. The predicted octanol–water partition coefficient (Wildman–Crippen LogP) is 1.13. The molecule has 1 aromatic carbocycles. The third-order valence-electron chi connectivity index (χ3n) is 1.41. The number of phenols is 1. The minimum absolute atomic E-state index is 0.00269. The molecule has 0 fully saturated rings. The second kappa shape index (κ2) is 3.71. The zero-order valence-electron chi connectivity index (χ0n) is 6.98. The summed E-state index contributed by atoms with van der Waals surface area (Å²) in [4.78, 5) is 20.9. The predicted molar refractivity (Wildman–Crippen MR) is 44.8 cm³/mol. The molecular weight excluding hydrogens is 172 g/mol. The number of rotatable bonds is 2. The molecule has 0 saturated carbocycles. The number of phenolic OH excluding ortho intramolecular Hbond substituents is 1. The van der Waals surface area contributed by atoms with Gasteiger partial charge in [-0.1, -0.05) is 6.07 Å². The highest BCUT2D eigenvalue weighted by molar-refractivity contribution is 5.82. The first kappa shape index (κ1) is 9.25. The molecule has 4 nitrogen and oxygen atoms in total. The maximum atomic E-state index is 10.5. The molecule has 0 bridgehead atoms. The summed E-state index contributed by atoms with van der Waals surface area (Å²) in [6.45, 7) is 1.22. The van der Waals surface area contributed by atoms with Gasteiger partial charge in [0.25, 0.3) is 0 Å². The average molecular weight is 180 g/mol. The number of hydrogen-bond donors (Lipinski definition) is 1. The lowest BCUT2D eigenvalue weighted by atomic mass is 10.2. The topological polar surface area (TPSA) is 63.6 Å². The molecule has 0 aromatic heterocycles. The Labute approximate surface area is 74.8 Å². The maximum absolute atomic E-state index is 10.5. The molecule has 0 atom stereocenters. The van der Waals surface area contributed by atoms with Crippen molar-refractivity contribution in [3.8, 4) is 11.5 Å². The van der Waals surface area contributed by atoms with E-state index in [4.69, 9.17) is 0 Å². The quantitative estimate of drug-likeness (QED) is 0.421. The van der Waals surface area contributed by atoms with E-state index in [2.05, 4.69) is 4.74 Å². The number of hydrogen-bond acceptors (Lipinski definition) is 4. The Morgan fingerprint density at radius 2 is 2.23 bits per heavy atom. The molecule has 0 heterocycles. The Hall–Kier alpha value is -1.84. The van der Waals surface area contributed by atoms with E-state index in [9.17, 15) is 14.7 Å². The molecule has 1 aromatic rings. The van der Waals surface area contributed by atoms with Crippen LogP contribution in [0.15, 0.2) is 18.2 Å². The van der Waals surface area contributed by atoms with Crippen LogP contribution < -0.4 is 4.74 Å². The van der Waals surface area contributed by atoms with Crippen LogP contribution in [0.3, 0.4) is 0 Å². The molecule has 1 N–H and O–H groups in total. The van der Waals surface area contributed by atoms with E-state index in [1.165, 1.54) is 25.1 Å². The lowest BCUT2D eigenvalue weighted by Crippen LogP contribution is -2.02. The number of benzene rings is 1. The molecule has 0 saturated heterocycles. The summed E-state index contributed by atoms with van der Waals surface area (Å²) >= 11 is 0. The number of carbonyl (C=O) groups is 2. The van der Waals surface area contributed by atoms with Gasteiger partial charge in [-0.15, -0.1) is 0 Å². The van der Waals surface area contributed by atoms with Crippen molar-refractivity contribution in [3.05, 3.63) is 23.8 Å². The fourth-order valence-electron chi connectivity index (χ4n) is 0.872.